The third kappa shape index (κ3) is 3.17. The van der Waals surface area contributed by atoms with Crippen LogP contribution in [-0.2, 0) is 4.74 Å². The number of hydrogen-bond donors (Lipinski definition) is 1. The van der Waals surface area contributed by atoms with Crippen molar-refractivity contribution in [2.24, 2.45) is 16.7 Å². The molecule has 140 valence electrons. The van der Waals surface area contributed by atoms with Gasteiger partial charge in [0.25, 0.3) is 0 Å². The zero-order chi connectivity index (χ0) is 17.5. The van der Waals surface area contributed by atoms with E-state index in [1.54, 1.807) is 0 Å². The van der Waals surface area contributed by atoms with Crippen LogP contribution >= 0.6 is 0 Å². The highest BCUT2D eigenvalue weighted by atomic mass is 16.5. The molecule has 2 bridgehead atoms. The number of aliphatic hydroxyl groups excluding tert-OH is 1. The second-order valence-electron chi connectivity index (χ2n) is 9.74. The first kappa shape index (κ1) is 18.7. The normalized spacial score (nSPS) is 43.2. The second kappa shape index (κ2) is 6.89. The van der Waals surface area contributed by atoms with Crippen LogP contribution in [-0.4, -0.2) is 47.4 Å². The van der Waals surface area contributed by atoms with Crippen molar-refractivity contribution in [1.29, 1.82) is 0 Å². The van der Waals surface area contributed by atoms with Crippen molar-refractivity contribution in [3.63, 3.8) is 0 Å². The number of rotatable bonds is 6. The average Bonchev–Trinajstić information content (AvgIpc) is 2.84. The summed E-state index contributed by atoms with van der Waals surface area (Å²) in [6.45, 7) is 13.4. The fourth-order valence-electron chi connectivity index (χ4n) is 5.90. The molecule has 24 heavy (non-hydrogen) atoms. The van der Waals surface area contributed by atoms with E-state index in [9.17, 15) is 5.11 Å². The molecule has 0 aromatic rings. The lowest BCUT2D eigenvalue weighted by Crippen LogP contribution is -2.47. The summed E-state index contributed by atoms with van der Waals surface area (Å²) >= 11 is 0. The van der Waals surface area contributed by atoms with Gasteiger partial charge in [-0.25, -0.2) is 0 Å². The number of ether oxygens (including phenoxy) is 1. The summed E-state index contributed by atoms with van der Waals surface area (Å²) in [6, 6.07) is 1.21. The van der Waals surface area contributed by atoms with Gasteiger partial charge in [-0.2, -0.15) is 0 Å². The molecule has 3 rings (SSSR count). The minimum absolute atomic E-state index is 0.257. The summed E-state index contributed by atoms with van der Waals surface area (Å²) < 4.78 is 6.31. The van der Waals surface area contributed by atoms with Crippen LogP contribution in [0.15, 0.2) is 0 Å². The van der Waals surface area contributed by atoms with E-state index in [0.717, 1.165) is 18.9 Å². The number of nitrogens with zero attached hydrogens (tertiary/aromatic N) is 1. The van der Waals surface area contributed by atoms with Gasteiger partial charge in [-0.05, 0) is 69.1 Å². The monoisotopic (exact) mass is 337 g/mol. The zero-order valence-electron chi connectivity index (χ0n) is 16.6. The van der Waals surface area contributed by atoms with Gasteiger partial charge in [0.15, 0.2) is 0 Å². The number of hydrogen-bond acceptors (Lipinski definition) is 3. The Balaban J connectivity index is 1.44. The van der Waals surface area contributed by atoms with E-state index in [-0.39, 0.29) is 6.10 Å². The third-order valence-corrected chi connectivity index (χ3v) is 8.28. The topological polar surface area (TPSA) is 32.7 Å². The summed E-state index contributed by atoms with van der Waals surface area (Å²) in [6.07, 6.45) is 8.67. The molecule has 6 atom stereocenters. The van der Waals surface area contributed by atoms with Crippen molar-refractivity contribution in [2.75, 3.05) is 13.2 Å². The summed E-state index contributed by atoms with van der Waals surface area (Å²) in [7, 11) is 0. The van der Waals surface area contributed by atoms with Gasteiger partial charge in [-0.15, -0.1) is 0 Å². The van der Waals surface area contributed by atoms with E-state index in [1.807, 2.05) is 0 Å². The molecule has 3 nitrogen and oxygen atoms in total. The fraction of sp³-hybridized carbons (Fsp3) is 1.00. The smallest absolute Gasteiger partial charge is 0.0689 e. The first-order valence-corrected chi connectivity index (χ1v) is 10.3. The molecule has 0 aromatic heterocycles. The maximum atomic E-state index is 10.5. The lowest BCUT2D eigenvalue weighted by molar-refractivity contribution is -0.0587. The van der Waals surface area contributed by atoms with Gasteiger partial charge in [0, 0.05) is 25.2 Å². The van der Waals surface area contributed by atoms with Gasteiger partial charge in [-0.1, -0.05) is 27.2 Å². The molecule has 1 aliphatic heterocycles. The molecule has 1 heterocycles. The molecule has 3 aliphatic rings. The fourth-order valence-corrected chi connectivity index (χ4v) is 5.90. The largest absolute Gasteiger partial charge is 0.392 e. The summed E-state index contributed by atoms with van der Waals surface area (Å²) in [5.74, 6) is 0.826. The van der Waals surface area contributed by atoms with E-state index in [0.29, 0.717) is 35.6 Å². The number of piperidine rings is 1. The van der Waals surface area contributed by atoms with Gasteiger partial charge in [-0.3, -0.25) is 4.90 Å². The van der Waals surface area contributed by atoms with Crippen LogP contribution < -0.4 is 0 Å². The molecule has 1 saturated heterocycles. The summed E-state index contributed by atoms with van der Waals surface area (Å²) in [5, 5.41) is 10.5. The van der Waals surface area contributed by atoms with Gasteiger partial charge in [0.2, 0.25) is 0 Å². The number of likely N-dealkylation sites (tertiary alicyclic amines) is 1. The molecule has 0 radical (unpaired) electrons. The van der Waals surface area contributed by atoms with Gasteiger partial charge < -0.3 is 9.84 Å². The Hall–Kier alpha value is -0.120. The molecule has 0 aromatic carbocycles. The number of aliphatic hydroxyl groups is 1. The third-order valence-electron chi connectivity index (χ3n) is 8.28. The molecule has 1 N–H and O–H groups in total. The van der Waals surface area contributed by atoms with Crippen LogP contribution in [0.2, 0.25) is 0 Å². The maximum Gasteiger partial charge on any atom is 0.0689 e. The number of β-amino-alcohol motifs (C(OH)–C–C–N with tert-alkyl or cyclic N) is 1. The lowest BCUT2D eigenvalue weighted by atomic mass is 9.70. The number of fused-ring (bicyclic) bond motifs is 2. The Morgan fingerprint density at radius 3 is 2.33 bits per heavy atom. The first-order chi connectivity index (χ1) is 11.3. The predicted octanol–water partition coefficient (Wildman–Crippen LogP) is 4.23. The lowest BCUT2D eigenvalue weighted by Gasteiger charge is -2.40. The Morgan fingerprint density at radius 2 is 1.79 bits per heavy atom. The molecule has 2 saturated carbocycles. The Morgan fingerprint density at radius 1 is 1.12 bits per heavy atom. The molecular formula is C21H39NO2. The maximum absolute atomic E-state index is 10.5. The Kier molecular flexibility index (Phi) is 5.36. The second-order valence-corrected chi connectivity index (χ2v) is 9.74. The average molecular weight is 338 g/mol. The van der Waals surface area contributed by atoms with Gasteiger partial charge in [0.1, 0.15) is 0 Å². The van der Waals surface area contributed by atoms with Gasteiger partial charge in [0.05, 0.1) is 12.2 Å². The molecular weight excluding hydrogens is 298 g/mol. The van der Waals surface area contributed by atoms with Gasteiger partial charge >= 0.3 is 0 Å². The van der Waals surface area contributed by atoms with Crippen LogP contribution in [0, 0.1) is 16.7 Å². The van der Waals surface area contributed by atoms with E-state index >= 15 is 0 Å². The summed E-state index contributed by atoms with van der Waals surface area (Å²) in [5.41, 5.74) is 0.744. The van der Waals surface area contributed by atoms with Crippen LogP contribution in [0.4, 0.5) is 0 Å². The molecule has 2 aliphatic carbocycles. The Labute approximate surface area is 149 Å². The van der Waals surface area contributed by atoms with Crippen molar-refractivity contribution in [2.45, 2.75) is 104 Å². The quantitative estimate of drug-likeness (QED) is 0.787. The Bertz CT molecular complexity index is 428. The first-order valence-electron chi connectivity index (χ1n) is 10.3. The van der Waals surface area contributed by atoms with Crippen molar-refractivity contribution in [1.82, 2.24) is 4.90 Å². The van der Waals surface area contributed by atoms with Crippen LogP contribution in [0.1, 0.15) is 79.6 Å². The molecule has 0 amide bonds. The minimum Gasteiger partial charge on any atom is -0.392 e. The molecule has 0 spiro atoms. The van der Waals surface area contributed by atoms with E-state index in [4.69, 9.17) is 4.74 Å². The van der Waals surface area contributed by atoms with E-state index in [1.165, 1.54) is 38.5 Å². The SMILES string of the molecule is C[C@@H]1CCC[C@H](C)N1C[C@@H](O)CCO[C@@H]1C[C@H]2CC[C@@]1(C)C2(C)C. The molecule has 3 fully saturated rings. The van der Waals surface area contributed by atoms with Crippen molar-refractivity contribution in [3.05, 3.63) is 0 Å². The van der Waals surface area contributed by atoms with E-state index in [2.05, 4.69) is 39.5 Å². The van der Waals surface area contributed by atoms with Crippen molar-refractivity contribution in [3.8, 4) is 0 Å². The molecule has 3 heteroatoms. The highest BCUT2D eigenvalue weighted by molar-refractivity contribution is 5.11. The highest BCUT2D eigenvalue weighted by Gasteiger charge is 2.61. The van der Waals surface area contributed by atoms with Crippen molar-refractivity contribution < 1.29 is 9.84 Å². The van der Waals surface area contributed by atoms with Crippen LogP contribution in [0.5, 0.6) is 0 Å². The van der Waals surface area contributed by atoms with Crippen molar-refractivity contribution >= 4 is 0 Å². The zero-order valence-corrected chi connectivity index (χ0v) is 16.6. The molecule has 0 unspecified atom stereocenters. The minimum atomic E-state index is -0.257. The highest BCUT2D eigenvalue weighted by Crippen LogP contribution is 2.66. The summed E-state index contributed by atoms with van der Waals surface area (Å²) in [4.78, 5) is 2.50. The van der Waals surface area contributed by atoms with Crippen LogP contribution in [0.25, 0.3) is 0 Å². The predicted molar refractivity (Wildman–Crippen MR) is 99.1 cm³/mol. The van der Waals surface area contributed by atoms with Crippen LogP contribution in [0.3, 0.4) is 0 Å². The standard InChI is InChI=1S/C21H39NO2/c1-15-7-6-8-16(2)22(15)14-18(23)10-12-24-19-13-17-9-11-21(19,5)20(17,3)4/h15-19,23H,6-14H2,1-5H3/t15-,16+,17-,18+,19-,21-/m1/s1. The van der Waals surface area contributed by atoms with E-state index < -0.39 is 0 Å².